The van der Waals surface area contributed by atoms with Gasteiger partial charge < -0.3 is 0 Å². The molecule has 1 heterocycles. The average molecular weight is 200 g/mol. The van der Waals surface area contributed by atoms with Crippen molar-refractivity contribution in [2.45, 2.75) is 31.2 Å². The number of halogens is 2. The predicted octanol–water partition coefficient (Wildman–Crippen LogP) is 2.06. The molecule has 3 nitrogen and oxygen atoms in total. The number of aromatic nitrogens is 2. The van der Waals surface area contributed by atoms with Crippen LogP contribution in [-0.4, -0.2) is 22.0 Å². The van der Waals surface area contributed by atoms with E-state index in [-0.39, 0.29) is 6.42 Å². The molecule has 0 amide bonds. The van der Waals surface area contributed by atoms with E-state index in [4.69, 9.17) is 0 Å². The second-order valence-corrected chi connectivity index (χ2v) is 3.54. The van der Waals surface area contributed by atoms with Gasteiger partial charge in [-0.05, 0) is 12.8 Å². The van der Waals surface area contributed by atoms with Crippen LogP contribution in [0.2, 0.25) is 0 Å². The lowest BCUT2D eigenvalue weighted by Crippen LogP contribution is -2.25. The van der Waals surface area contributed by atoms with Gasteiger partial charge in [0, 0.05) is 12.6 Å². The first-order valence-electron chi connectivity index (χ1n) is 4.50. The van der Waals surface area contributed by atoms with Gasteiger partial charge in [0.25, 0.3) is 5.92 Å². The van der Waals surface area contributed by atoms with E-state index >= 15 is 0 Å². The maximum Gasteiger partial charge on any atom is 0.270 e. The van der Waals surface area contributed by atoms with Crippen LogP contribution >= 0.6 is 0 Å². The van der Waals surface area contributed by atoms with E-state index in [0.29, 0.717) is 24.7 Å². The summed E-state index contributed by atoms with van der Waals surface area (Å²) in [5.41, 5.74) is 0.340. The molecule has 1 fully saturated rings. The van der Waals surface area contributed by atoms with Crippen molar-refractivity contribution in [3.05, 3.63) is 18.0 Å². The first kappa shape index (κ1) is 9.30. The van der Waals surface area contributed by atoms with E-state index in [1.165, 1.54) is 17.1 Å². The molecule has 76 valence electrons. The minimum absolute atomic E-state index is 0.0893. The molecule has 0 saturated heterocycles. The van der Waals surface area contributed by atoms with Gasteiger partial charge in [-0.25, -0.2) is 8.78 Å². The number of alkyl halides is 2. The third-order valence-corrected chi connectivity index (χ3v) is 2.55. The van der Waals surface area contributed by atoms with Gasteiger partial charge in [0.1, 0.15) is 6.04 Å². The van der Waals surface area contributed by atoms with E-state index < -0.39 is 12.0 Å². The zero-order valence-corrected chi connectivity index (χ0v) is 7.49. The number of rotatable bonds is 2. The lowest BCUT2D eigenvalue weighted by Gasteiger charge is -2.18. The fourth-order valence-electron chi connectivity index (χ4n) is 1.82. The summed E-state index contributed by atoms with van der Waals surface area (Å²) in [4.78, 5) is 10.4. The van der Waals surface area contributed by atoms with Crippen molar-refractivity contribution in [1.29, 1.82) is 0 Å². The predicted molar refractivity (Wildman–Crippen MR) is 45.4 cm³/mol. The Morgan fingerprint density at radius 1 is 1.64 bits per heavy atom. The summed E-state index contributed by atoms with van der Waals surface area (Å²) in [5, 5.41) is 3.77. The summed E-state index contributed by atoms with van der Waals surface area (Å²) in [6.45, 7) is 0. The topological polar surface area (TPSA) is 34.9 Å². The number of carbonyl (C=O) groups excluding carboxylic acids is 1. The van der Waals surface area contributed by atoms with Crippen molar-refractivity contribution in [2.75, 3.05) is 0 Å². The van der Waals surface area contributed by atoms with Gasteiger partial charge in [0.15, 0.2) is 6.29 Å². The second-order valence-electron chi connectivity index (χ2n) is 3.54. The summed E-state index contributed by atoms with van der Waals surface area (Å²) in [6, 6.07) is -0.879. The van der Waals surface area contributed by atoms with Gasteiger partial charge in [-0.2, -0.15) is 5.10 Å². The maximum atomic E-state index is 13.3. The molecule has 0 spiro atoms. The lowest BCUT2D eigenvalue weighted by molar-refractivity contribution is -0.0343. The SMILES string of the molecule is O=Cc1cnn(C2CCCC2(F)F)c1. The van der Waals surface area contributed by atoms with Crippen LogP contribution in [0.15, 0.2) is 12.4 Å². The van der Waals surface area contributed by atoms with Crippen LogP contribution in [0.4, 0.5) is 8.78 Å². The first-order chi connectivity index (χ1) is 6.63. The minimum Gasteiger partial charge on any atom is -0.298 e. The van der Waals surface area contributed by atoms with Crippen molar-refractivity contribution in [1.82, 2.24) is 9.78 Å². The van der Waals surface area contributed by atoms with Crippen molar-refractivity contribution < 1.29 is 13.6 Å². The Hall–Kier alpha value is -1.26. The Labute approximate surface area is 79.7 Å². The molecule has 1 atom stereocenters. The summed E-state index contributed by atoms with van der Waals surface area (Å²) in [6.07, 6.45) is 4.13. The van der Waals surface area contributed by atoms with Gasteiger partial charge in [0.05, 0.1) is 11.8 Å². The highest BCUT2D eigenvalue weighted by Gasteiger charge is 2.45. The maximum absolute atomic E-state index is 13.3. The van der Waals surface area contributed by atoms with E-state index in [1.54, 1.807) is 0 Å². The molecule has 1 aromatic rings. The molecule has 1 aliphatic rings. The molecule has 0 bridgehead atoms. The van der Waals surface area contributed by atoms with Crippen molar-refractivity contribution >= 4 is 6.29 Å². The summed E-state index contributed by atoms with van der Waals surface area (Å²) in [7, 11) is 0. The Balaban J connectivity index is 2.26. The Morgan fingerprint density at radius 2 is 2.43 bits per heavy atom. The zero-order valence-electron chi connectivity index (χ0n) is 7.49. The number of hydrogen-bond acceptors (Lipinski definition) is 2. The molecule has 2 rings (SSSR count). The zero-order chi connectivity index (χ0) is 10.2. The van der Waals surface area contributed by atoms with Crippen molar-refractivity contribution in [3.8, 4) is 0 Å². The summed E-state index contributed by atoms with van der Waals surface area (Å²) in [5.74, 6) is -2.69. The van der Waals surface area contributed by atoms with E-state index in [1.807, 2.05) is 0 Å². The number of nitrogens with zero attached hydrogens (tertiary/aromatic N) is 2. The van der Waals surface area contributed by atoms with Gasteiger partial charge in [0.2, 0.25) is 0 Å². The van der Waals surface area contributed by atoms with Gasteiger partial charge in [-0.1, -0.05) is 0 Å². The van der Waals surface area contributed by atoms with E-state index in [0.717, 1.165) is 0 Å². The van der Waals surface area contributed by atoms with E-state index in [2.05, 4.69) is 5.10 Å². The quantitative estimate of drug-likeness (QED) is 0.685. The Bertz CT molecular complexity index is 348. The molecule has 0 aliphatic heterocycles. The van der Waals surface area contributed by atoms with E-state index in [9.17, 15) is 13.6 Å². The fraction of sp³-hybridized carbons (Fsp3) is 0.556. The average Bonchev–Trinajstić information content (AvgIpc) is 2.70. The normalized spacial score (nSPS) is 25.1. The molecule has 1 aromatic heterocycles. The molecule has 0 radical (unpaired) electrons. The van der Waals surface area contributed by atoms with Crippen LogP contribution in [0.5, 0.6) is 0 Å². The van der Waals surface area contributed by atoms with Crippen LogP contribution in [0.3, 0.4) is 0 Å². The lowest BCUT2D eigenvalue weighted by atomic mass is 10.2. The summed E-state index contributed by atoms with van der Waals surface area (Å²) < 4.78 is 27.7. The highest BCUT2D eigenvalue weighted by Crippen LogP contribution is 2.43. The molecule has 14 heavy (non-hydrogen) atoms. The first-order valence-corrected chi connectivity index (χ1v) is 4.50. The Morgan fingerprint density at radius 3 is 2.93 bits per heavy atom. The highest BCUT2D eigenvalue weighted by atomic mass is 19.3. The standard InChI is InChI=1S/C9H10F2N2O/c10-9(11)3-1-2-8(9)13-5-7(6-14)4-12-13/h4-6,8H,1-3H2. The van der Waals surface area contributed by atoms with Crippen LogP contribution in [0.25, 0.3) is 0 Å². The van der Waals surface area contributed by atoms with Gasteiger partial charge in [-0.3, -0.25) is 9.48 Å². The Kier molecular flexibility index (Phi) is 2.09. The minimum atomic E-state index is -2.69. The van der Waals surface area contributed by atoms with Crippen molar-refractivity contribution in [2.24, 2.45) is 0 Å². The molecule has 5 heteroatoms. The largest absolute Gasteiger partial charge is 0.298 e. The van der Waals surface area contributed by atoms with Crippen molar-refractivity contribution in [3.63, 3.8) is 0 Å². The number of carbonyl (C=O) groups is 1. The van der Waals surface area contributed by atoms with Crippen LogP contribution in [0.1, 0.15) is 35.7 Å². The molecule has 1 saturated carbocycles. The fourth-order valence-corrected chi connectivity index (χ4v) is 1.82. The van der Waals surface area contributed by atoms with Crippen LogP contribution in [-0.2, 0) is 0 Å². The molecule has 0 N–H and O–H groups in total. The van der Waals surface area contributed by atoms with Crippen LogP contribution < -0.4 is 0 Å². The second kappa shape index (κ2) is 3.15. The molecular weight excluding hydrogens is 190 g/mol. The summed E-state index contributed by atoms with van der Waals surface area (Å²) >= 11 is 0. The van der Waals surface area contributed by atoms with Crippen LogP contribution in [0, 0.1) is 0 Å². The van der Waals surface area contributed by atoms with Gasteiger partial charge in [-0.15, -0.1) is 0 Å². The number of aldehydes is 1. The highest BCUT2D eigenvalue weighted by molar-refractivity contribution is 5.73. The molecular formula is C9H10F2N2O. The smallest absolute Gasteiger partial charge is 0.270 e. The molecule has 0 aromatic carbocycles. The monoisotopic (exact) mass is 200 g/mol. The third-order valence-electron chi connectivity index (χ3n) is 2.55. The molecule has 1 unspecified atom stereocenters. The molecule has 1 aliphatic carbocycles. The van der Waals surface area contributed by atoms with Gasteiger partial charge >= 0.3 is 0 Å². The third kappa shape index (κ3) is 1.42. The number of hydrogen-bond donors (Lipinski definition) is 0.